The van der Waals surface area contributed by atoms with E-state index in [0.717, 1.165) is 5.92 Å². The Kier molecular flexibility index (Phi) is 4.39. The third-order valence-electron chi connectivity index (χ3n) is 3.25. The lowest BCUT2D eigenvalue weighted by Gasteiger charge is -2.30. The lowest BCUT2D eigenvalue weighted by atomic mass is 9.84. The van der Waals surface area contributed by atoms with Crippen LogP contribution in [0.25, 0.3) is 0 Å². The van der Waals surface area contributed by atoms with Crippen LogP contribution in [0.2, 0.25) is 0 Å². The smallest absolute Gasteiger partial charge is 0.0715 e. The fraction of sp³-hybridized carbons (Fsp3) is 1.00. The molecule has 0 amide bonds. The Hall–Kier alpha value is -0.0800. The molecule has 1 rings (SSSR count). The van der Waals surface area contributed by atoms with Crippen LogP contribution in [-0.4, -0.2) is 23.3 Å². The Morgan fingerprint density at radius 3 is 2.21 bits per heavy atom. The van der Waals surface area contributed by atoms with Crippen LogP contribution < -0.4 is 5.32 Å². The van der Waals surface area contributed by atoms with E-state index in [9.17, 15) is 5.11 Å². The molecule has 0 radical (unpaired) electrons. The molecule has 0 spiro atoms. The van der Waals surface area contributed by atoms with Crippen LogP contribution in [-0.2, 0) is 0 Å². The van der Waals surface area contributed by atoms with E-state index in [2.05, 4.69) is 12.2 Å². The maximum atomic E-state index is 9.58. The van der Waals surface area contributed by atoms with E-state index < -0.39 is 5.60 Å². The van der Waals surface area contributed by atoms with E-state index in [0.29, 0.717) is 12.6 Å². The van der Waals surface area contributed by atoms with Crippen molar-refractivity contribution in [2.75, 3.05) is 6.54 Å². The fourth-order valence-corrected chi connectivity index (χ4v) is 2.17. The van der Waals surface area contributed by atoms with Gasteiger partial charge in [0.15, 0.2) is 0 Å². The van der Waals surface area contributed by atoms with Gasteiger partial charge < -0.3 is 10.4 Å². The summed E-state index contributed by atoms with van der Waals surface area (Å²) >= 11 is 0. The molecule has 0 saturated heterocycles. The van der Waals surface area contributed by atoms with Gasteiger partial charge in [-0.05, 0) is 45.4 Å². The van der Waals surface area contributed by atoms with Crippen molar-refractivity contribution in [2.24, 2.45) is 5.92 Å². The van der Waals surface area contributed by atoms with Crippen LogP contribution in [0.3, 0.4) is 0 Å². The van der Waals surface area contributed by atoms with E-state index in [1.165, 1.54) is 32.1 Å². The summed E-state index contributed by atoms with van der Waals surface area (Å²) in [6.07, 6.45) is 6.63. The summed E-state index contributed by atoms with van der Waals surface area (Å²) in [5.41, 5.74) is -0.568. The SMILES string of the molecule is CCC1CCC(NCC(C)(C)O)CC1. The van der Waals surface area contributed by atoms with Crippen molar-refractivity contribution in [3.63, 3.8) is 0 Å². The molecular weight excluding hydrogens is 174 g/mol. The van der Waals surface area contributed by atoms with Gasteiger partial charge in [-0.1, -0.05) is 13.3 Å². The van der Waals surface area contributed by atoms with Gasteiger partial charge in [0.2, 0.25) is 0 Å². The number of rotatable bonds is 4. The summed E-state index contributed by atoms with van der Waals surface area (Å²) in [6.45, 7) is 6.72. The third kappa shape index (κ3) is 4.43. The molecule has 2 heteroatoms. The van der Waals surface area contributed by atoms with Crippen molar-refractivity contribution in [3.8, 4) is 0 Å². The van der Waals surface area contributed by atoms with Gasteiger partial charge in [-0.3, -0.25) is 0 Å². The highest BCUT2D eigenvalue weighted by Crippen LogP contribution is 2.26. The van der Waals surface area contributed by atoms with Crippen LogP contribution in [0.1, 0.15) is 52.9 Å². The molecule has 0 unspecified atom stereocenters. The normalized spacial score (nSPS) is 29.1. The first-order valence-electron chi connectivity index (χ1n) is 5.97. The van der Waals surface area contributed by atoms with E-state index >= 15 is 0 Å². The Bertz CT molecular complexity index is 154. The largest absolute Gasteiger partial charge is 0.389 e. The molecule has 0 aromatic heterocycles. The Balaban J connectivity index is 2.16. The molecule has 2 N–H and O–H groups in total. The number of hydrogen-bond donors (Lipinski definition) is 2. The summed E-state index contributed by atoms with van der Waals surface area (Å²) in [5, 5.41) is 13.0. The lowest BCUT2D eigenvalue weighted by molar-refractivity contribution is 0.0735. The molecule has 0 aliphatic heterocycles. The Morgan fingerprint density at radius 2 is 1.79 bits per heavy atom. The van der Waals surface area contributed by atoms with Crippen molar-refractivity contribution in [1.82, 2.24) is 5.32 Å². The number of nitrogens with one attached hydrogen (secondary N) is 1. The quantitative estimate of drug-likeness (QED) is 0.728. The van der Waals surface area contributed by atoms with Crippen LogP contribution >= 0.6 is 0 Å². The summed E-state index contributed by atoms with van der Waals surface area (Å²) in [7, 11) is 0. The minimum atomic E-state index is -0.568. The predicted molar refractivity (Wildman–Crippen MR) is 60.3 cm³/mol. The highest BCUT2D eigenvalue weighted by molar-refractivity contribution is 4.79. The summed E-state index contributed by atoms with van der Waals surface area (Å²) in [6, 6.07) is 0.643. The maximum absolute atomic E-state index is 9.58. The average molecular weight is 199 g/mol. The van der Waals surface area contributed by atoms with Crippen LogP contribution in [0.15, 0.2) is 0 Å². The highest BCUT2D eigenvalue weighted by atomic mass is 16.3. The van der Waals surface area contributed by atoms with Crippen molar-refractivity contribution in [2.45, 2.75) is 64.5 Å². The molecule has 1 aliphatic carbocycles. The van der Waals surface area contributed by atoms with Crippen LogP contribution in [0.5, 0.6) is 0 Å². The van der Waals surface area contributed by atoms with Gasteiger partial charge >= 0.3 is 0 Å². The molecule has 14 heavy (non-hydrogen) atoms. The average Bonchev–Trinajstić information content (AvgIpc) is 2.14. The molecule has 1 aliphatic rings. The first kappa shape index (κ1) is 12.0. The zero-order valence-corrected chi connectivity index (χ0v) is 9.84. The van der Waals surface area contributed by atoms with Gasteiger partial charge in [-0.2, -0.15) is 0 Å². The number of hydrogen-bond acceptors (Lipinski definition) is 2. The molecule has 0 atom stereocenters. The predicted octanol–water partition coefficient (Wildman–Crippen LogP) is 2.32. The van der Waals surface area contributed by atoms with E-state index in [-0.39, 0.29) is 0 Å². The first-order valence-corrected chi connectivity index (χ1v) is 5.97. The summed E-state index contributed by atoms with van der Waals surface area (Å²) < 4.78 is 0. The zero-order chi connectivity index (χ0) is 10.6. The molecular formula is C12H25NO. The van der Waals surface area contributed by atoms with Crippen molar-refractivity contribution in [1.29, 1.82) is 0 Å². The van der Waals surface area contributed by atoms with Gasteiger partial charge in [0, 0.05) is 12.6 Å². The molecule has 0 aromatic carbocycles. The fourth-order valence-electron chi connectivity index (χ4n) is 2.17. The molecule has 84 valence electrons. The topological polar surface area (TPSA) is 32.3 Å². The summed E-state index contributed by atoms with van der Waals surface area (Å²) in [5.74, 6) is 0.954. The van der Waals surface area contributed by atoms with Crippen molar-refractivity contribution < 1.29 is 5.11 Å². The molecule has 0 aromatic rings. The summed E-state index contributed by atoms with van der Waals surface area (Å²) in [4.78, 5) is 0. The standard InChI is InChI=1S/C12H25NO/c1-4-10-5-7-11(8-6-10)13-9-12(2,3)14/h10-11,13-14H,4-9H2,1-3H3. The van der Waals surface area contributed by atoms with Crippen molar-refractivity contribution in [3.05, 3.63) is 0 Å². The van der Waals surface area contributed by atoms with E-state index in [1.54, 1.807) is 0 Å². The first-order chi connectivity index (χ1) is 6.51. The minimum absolute atomic E-state index is 0.568. The Morgan fingerprint density at radius 1 is 1.21 bits per heavy atom. The van der Waals surface area contributed by atoms with Gasteiger partial charge in [-0.15, -0.1) is 0 Å². The molecule has 0 bridgehead atoms. The molecule has 1 fully saturated rings. The van der Waals surface area contributed by atoms with E-state index in [1.807, 2.05) is 13.8 Å². The second-order valence-electron chi connectivity index (χ2n) is 5.32. The number of aliphatic hydroxyl groups is 1. The highest BCUT2D eigenvalue weighted by Gasteiger charge is 2.21. The lowest BCUT2D eigenvalue weighted by Crippen LogP contribution is -2.42. The molecule has 2 nitrogen and oxygen atoms in total. The molecule has 1 saturated carbocycles. The van der Waals surface area contributed by atoms with Gasteiger partial charge in [0.1, 0.15) is 0 Å². The Labute approximate surface area is 88.1 Å². The van der Waals surface area contributed by atoms with Gasteiger partial charge in [0.25, 0.3) is 0 Å². The monoisotopic (exact) mass is 199 g/mol. The van der Waals surface area contributed by atoms with Crippen molar-refractivity contribution >= 4 is 0 Å². The molecule has 0 heterocycles. The maximum Gasteiger partial charge on any atom is 0.0715 e. The second-order valence-corrected chi connectivity index (χ2v) is 5.32. The van der Waals surface area contributed by atoms with Crippen LogP contribution in [0, 0.1) is 5.92 Å². The third-order valence-corrected chi connectivity index (χ3v) is 3.25. The van der Waals surface area contributed by atoms with Gasteiger partial charge in [0.05, 0.1) is 5.60 Å². The zero-order valence-electron chi connectivity index (χ0n) is 9.84. The van der Waals surface area contributed by atoms with E-state index in [4.69, 9.17) is 0 Å². The second kappa shape index (κ2) is 5.13. The van der Waals surface area contributed by atoms with Gasteiger partial charge in [-0.25, -0.2) is 0 Å². The van der Waals surface area contributed by atoms with Crippen LogP contribution in [0.4, 0.5) is 0 Å². The minimum Gasteiger partial charge on any atom is -0.389 e.